The predicted octanol–water partition coefficient (Wildman–Crippen LogP) is 2.58. The lowest BCUT2D eigenvalue weighted by molar-refractivity contribution is -0.120. The van der Waals surface area contributed by atoms with E-state index in [4.69, 9.17) is 0 Å². The summed E-state index contributed by atoms with van der Waals surface area (Å²) in [5.41, 5.74) is 0. The first-order valence-corrected chi connectivity index (χ1v) is 8.27. The minimum Gasteiger partial charge on any atom is -0.391 e. The van der Waals surface area contributed by atoms with Crippen LogP contribution in [-0.4, -0.2) is 34.7 Å². The Morgan fingerprint density at radius 3 is 2.72 bits per heavy atom. The van der Waals surface area contributed by atoms with Gasteiger partial charge in [0, 0.05) is 6.54 Å². The zero-order chi connectivity index (χ0) is 13.4. The van der Waals surface area contributed by atoms with Crippen molar-refractivity contribution in [2.24, 2.45) is 5.92 Å². The van der Waals surface area contributed by atoms with Gasteiger partial charge in [-0.1, -0.05) is 26.2 Å². The first-order valence-electron chi connectivity index (χ1n) is 7.22. The normalized spacial score (nSPS) is 19.7. The number of carbonyl (C=O) groups excluding carboxylic acids is 1. The summed E-state index contributed by atoms with van der Waals surface area (Å²) < 4.78 is 0. The van der Waals surface area contributed by atoms with Crippen LogP contribution in [0, 0.1) is 5.92 Å². The molecule has 1 fully saturated rings. The quantitative estimate of drug-likeness (QED) is 0.668. The van der Waals surface area contributed by atoms with Crippen molar-refractivity contribution in [3.05, 3.63) is 0 Å². The lowest BCUT2D eigenvalue weighted by Gasteiger charge is -2.19. The molecule has 4 heteroatoms. The van der Waals surface area contributed by atoms with E-state index in [0.717, 1.165) is 25.0 Å². The highest BCUT2D eigenvalue weighted by Gasteiger charge is 2.24. The molecule has 0 saturated heterocycles. The highest BCUT2D eigenvalue weighted by molar-refractivity contribution is 8.00. The van der Waals surface area contributed by atoms with Crippen LogP contribution in [0.5, 0.6) is 0 Å². The molecule has 1 rings (SSSR count). The van der Waals surface area contributed by atoms with Gasteiger partial charge in [-0.3, -0.25) is 4.79 Å². The average molecular weight is 273 g/mol. The third-order valence-electron chi connectivity index (χ3n) is 3.66. The standard InChI is InChI=1S/C14H27NO2S/c1-3-4-9-18-11(2)14(17)15-10-13(16)12-7-5-6-8-12/h11-13,16H,3-10H2,1-2H3,(H,15,17). The first kappa shape index (κ1) is 15.8. The van der Waals surface area contributed by atoms with Crippen LogP contribution >= 0.6 is 11.8 Å². The van der Waals surface area contributed by atoms with E-state index in [0.29, 0.717) is 12.5 Å². The summed E-state index contributed by atoms with van der Waals surface area (Å²) in [4.78, 5) is 11.8. The fourth-order valence-electron chi connectivity index (χ4n) is 2.34. The van der Waals surface area contributed by atoms with Crippen molar-refractivity contribution in [3.8, 4) is 0 Å². The number of hydrogen-bond donors (Lipinski definition) is 2. The van der Waals surface area contributed by atoms with E-state index in [1.165, 1.54) is 19.3 Å². The Morgan fingerprint density at radius 2 is 2.11 bits per heavy atom. The molecule has 0 aromatic rings. The average Bonchev–Trinajstić information content (AvgIpc) is 2.89. The van der Waals surface area contributed by atoms with Crippen LogP contribution in [0.3, 0.4) is 0 Å². The Bertz CT molecular complexity index is 242. The predicted molar refractivity (Wildman–Crippen MR) is 77.8 cm³/mol. The van der Waals surface area contributed by atoms with Gasteiger partial charge in [0.1, 0.15) is 0 Å². The van der Waals surface area contributed by atoms with Gasteiger partial charge in [-0.2, -0.15) is 0 Å². The fraction of sp³-hybridized carbons (Fsp3) is 0.929. The maximum atomic E-state index is 11.8. The maximum absolute atomic E-state index is 11.8. The summed E-state index contributed by atoms with van der Waals surface area (Å²) in [6.45, 7) is 4.52. The Kier molecular flexibility index (Phi) is 7.75. The number of unbranched alkanes of at least 4 members (excludes halogenated alkanes) is 1. The molecule has 0 spiro atoms. The zero-order valence-electron chi connectivity index (χ0n) is 11.7. The first-order chi connectivity index (χ1) is 8.65. The summed E-state index contributed by atoms with van der Waals surface area (Å²) in [7, 11) is 0. The van der Waals surface area contributed by atoms with E-state index in [1.807, 2.05) is 6.92 Å². The molecule has 3 nitrogen and oxygen atoms in total. The number of thioether (sulfide) groups is 1. The van der Waals surface area contributed by atoms with Gasteiger partial charge in [-0.05, 0) is 37.9 Å². The highest BCUT2D eigenvalue weighted by Crippen LogP contribution is 2.27. The second-order valence-corrected chi connectivity index (χ2v) is 6.67. The summed E-state index contributed by atoms with van der Waals surface area (Å²) in [5.74, 6) is 1.50. The van der Waals surface area contributed by atoms with Gasteiger partial charge in [-0.25, -0.2) is 0 Å². The van der Waals surface area contributed by atoms with Gasteiger partial charge in [0.2, 0.25) is 5.91 Å². The second-order valence-electron chi connectivity index (χ2n) is 5.22. The van der Waals surface area contributed by atoms with Gasteiger partial charge < -0.3 is 10.4 Å². The number of rotatable bonds is 8. The van der Waals surface area contributed by atoms with Gasteiger partial charge in [0.25, 0.3) is 0 Å². The largest absolute Gasteiger partial charge is 0.391 e. The number of hydrogen-bond acceptors (Lipinski definition) is 3. The van der Waals surface area contributed by atoms with Crippen LogP contribution in [0.15, 0.2) is 0 Å². The van der Waals surface area contributed by atoms with Crippen LogP contribution in [-0.2, 0) is 4.79 Å². The van der Waals surface area contributed by atoms with Crippen LogP contribution in [0.1, 0.15) is 52.4 Å². The molecule has 0 radical (unpaired) electrons. The smallest absolute Gasteiger partial charge is 0.232 e. The summed E-state index contributed by atoms with van der Waals surface area (Å²) in [5, 5.41) is 12.8. The molecule has 2 N–H and O–H groups in total. The minimum absolute atomic E-state index is 0.00710. The van der Waals surface area contributed by atoms with E-state index in [-0.39, 0.29) is 17.3 Å². The molecule has 1 saturated carbocycles. The van der Waals surface area contributed by atoms with Gasteiger partial charge in [0.05, 0.1) is 11.4 Å². The molecule has 2 atom stereocenters. The summed E-state index contributed by atoms with van der Waals surface area (Å²) in [6.07, 6.45) is 6.63. The van der Waals surface area contributed by atoms with Crippen molar-refractivity contribution in [1.82, 2.24) is 5.32 Å². The van der Waals surface area contributed by atoms with E-state index in [2.05, 4.69) is 12.2 Å². The van der Waals surface area contributed by atoms with Crippen LogP contribution in [0.2, 0.25) is 0 Å². The Balaban J connectivity index is 2.14. The fourth-order valence-corrected chi connectivity index (χ4v) is 3.38. The number of nitrogens with one attached hydrogen (secondary N) is 1. The molecule has 0 aliphatic heterocycles. The van der Waals surface area contributed by atoms with Crippen molar-refractivity contribution in [3.63, 3.8) is 0 Å². The molecule has 18 heavy (non-hydrogen) atoms. The van der Waals surface area contributed by atoms with Gasteiger partial charge in [0.15, 0.2) is 0 Å². The van der Waals surface area contributed by atoms with Crippen LogP contribution in [0.25, 0.3) is 0 Å². The summed E-state index contributed by atoms with van der Waals surface area (Å²) >= 11 is 1.70. The van der Waals surface area contributed by atoms with Crippen LogP contribution < -0.4 is 5.32 Å². The molecule has 1 amide bonds. The number of amides is 1. The molecule has 1 aliphatic carbocycles. The lowest BCUT2D eigenvalue weighted by Crippen LogP contribution is -2.39. The third-order valence-corrected chi connectivity index (χ3v) is 4.90. The van der Waals surface area contributed by atoms with Crippen molar-refractivity contribution in [2.75, 3.05) is 12.3 Å². The SMILES string of the molecule is CCCCSC(C)C(=O)NCC(O)C1CCCC1. The Hall–Kier alpha value is -0.220. The minimum atomic E-state index is -0.357. The highest BCUT2D eigenvalue weighted by atomic mass is 32.2. The second kappa shape index (κ2) is 8.81. The van der Waals surface area contributed by atoms with E-state index >= 15 is 0 Å². The molecule has 0 aromatic heterocycles. The number of carbonyl (C=O) groups is 1. The third kappa shape index (κ3) is 5.61. The van der Waals surface area contributed by atoms with Crippen molar-refractivity contribution < 1.29 is 9.90 Å². The molecule has 0 heterocycles. The monoisotopic (exact) mass is 273 g/mol. The number of aliphatic hydroxyl groups excluding tert-OH is 1. The van der Waals surface area contributed by atoms with E-state index in [1.54, 1.807) is 11.8 Å². The van der Waals surface area contributed by atoms with E-state index < -0.39 is 0 Å². The molecule has 2 unspecified atom stereocenters. The maximum Gasteiger partial charge on any atom is 0.232 e. The zero-order valence-corrected chi connectivity index (χ0v) is 12.5. The van der Waals surface area contributed by atoms with Gasteiger partial charge in [-0.15, -0.1) is 11.8 Å². The Labute approximate surface area is 115 Å². The van der Waals surface area contributed by atoms with Crippen molar-refractivity contribution >= 4 is 17.7 Å². The van der Waals surface area contributed by atoms with Crippen molar-refractivity contribution in [2.45, 2.75) is 63.7 Å². The molecule has 0 bridgehead atoms. The van der Waals surface area contributed by atoms with Gasteiger partial charge >= 0.3 is 0 Å². The lowest BCUT2D eigenvalue weighted by atomic mass is 10.0. The summed E-state index contributed by atoms with van der Waals surface area (Å²) in [6, 6.07) is 0. The molecule has 0 aromatic carbocycles. The molecule has 106 valence electrons. The molecule has 1 aliphatic rings. The molecular formula is C14H27NO2S. The van der Waals surface area contributed by atoms with Crippen LogP contribution in [0.4, 0.5) is 0 Å². The number of aliphatic hydroxyl groups is 1. The van der Waals surface area contributed by atoms with Crippen molar-refractivity contribution in [1.29, 1.82) is 0 Å². The van der Waals surface area contributed by atoms with E-state index in [9.17, 15) is 9.90 Å². The topological polar surface area (TPSA) is 49.3 Å². The molecular weight excluding hydrogens is 246 g/mol. The Morgan fingerprint density at radius 1 is 1.44 bits per heavy atom.